The van der Waals surface area contributed by atoms with Crippen LogP contribution in [-0.4, -0.2) is 47.2 Å². The molecule has 1 amide bonds. The fourth-order valence-corrected chi connectivity index (χ4v) is 4.47. The first-order chi connectivity index (χ1) is 12.7. The average molecular weight is 373 g/mol. The van der Waals surface area contributed by atoms with Crippen molar-refractivity contribution in [2.75, 3.05) is 31.2 Å². The SMILES string of the molecule is Cc1cnc(CNC(=O)C2CCc3sc(N4CCOCC4)nc3C2)cn1. The van der Waals surface area contributed by atoms with Crippen molar-refractivity contribution in [3.63, 3.8) is 0 Å². The molecule has 0 aromatic carbocycles. The number of carbonyl (C=O) groups is 1. The Bertz CT molecular complexity index is 770. The van der Waals surface area contributed by atoms with Crippen LogP contribution < -0.4 is 10.2 Å². The first kappa shape index (κ1) is 17.4. The van der Waals surface area contributed by atoms with Crippen molar-refractivity contribution < 1.29 is 9.53 Å². The molecule has 1 N–H and O–H groups in total. The molecule has 1 unspecified atom stereocenters. The Kier molecular flexibility index (Phi) is 5.12. The van der Waals surface area contributed by atoms with Gasteiger partial charge in [0.2, 0.25) is 5.91 Å². The van der Waals surface area contributed by atoms with Gasteiger partial charge in [0.25, 0.3) is 0 Å². The molecule has 2 aliphatic rings. The van der Waals surface area contributed by atoms with Crippen LogP contribution in [0.15, 0.2) is 12.4 Å². The number of morpholine rings is 1. The van der Waals surface area contributed by atoms with Crippen molar-refractivity contribution in [3.05, 3.63) is 34.4 Å². The minimum Gasteiger partial charge on any atom is -0.378 e. The Labute approximate surface area is 156 Å². The highest BCUT2D eigenvalue weighted by Crippen LogP contribution is 2.34. The topological polar surface area (TPSA) is 80.2 Å². The van der Waals surface area contributed by atoms with Gasteiger partial charge in [-0.2, -0.15) is 0 Å². The fourth-order valence-electron chi connectivity index (χ4n) is 3.31. The smallest absolute Gasteiger partial charge is 0.223 e. The molecule has 0 bridgehead atoms. The fraction of sp³-hybridized carbons (Fsp3) is 0.556. The number of nitrogens with zero attached hydrogens (tertiary/aromatic N) is 4. The molecule has 8 heteroatoms. The highest BCUT2D eigenvalue weighted by molar-refractivity contribution is 7.15. The Morgan fingerprint density at radius 3 is 2.96 bits per heavy atom. The van der Waals surface area contributed by atoms with E-state index in [1.54, 1.807) is 23.7 Å². The minimum absolute atomic E-state index is 0.0134. The molecule has 26 heavy (non-hydrogen) atoms. The Hall–Kier alpha value is -2.06. The summed E-state index contributed by atoms with van der Waals surface area (Å²) in [6, 6.07) is 0. The normalized spacial score (nSPS) is 19.9. The maximum absolute atomic E-state index is 12.5. The van der Waals surface area contributed by atoms with E-state index >= 15 is 0 Å². The van der Waals surface area contributed by atoms with Crippen LogP contribution in [-0.2, 0) is 28.9 Å². The summed E-state index contributed by atoms with van der Waals surface area (Å²) in [4.78, 5) is 29.5. The van der Waals surface area contributed by atoms with Gasteiger partial charge in [-0.05, 0) is 19.8 Å². The second-order valence-corrected chi connectivity index (χ2v) is 7.83. The molecule has 2 aromatic rings. The molecule has 1 atom stereocenters. The lowest BCUT2D eigenvalue weighted by molar-refractivity contribution is -0.125. The summed E-state index contributed by atoms with van der Waals surface area (Å²) < 4.78 is 5.41. The van der Waals surface area contributed by atoms with Gasteiger partial charge in [-0.15, -0.1) is 11.3 Å². The molecule has 0 spiro atoms. The van der Waals surface area contributed by atoms with E-state index in [1.807, 2.05) is 6.92 Å². The van der Waals surface area contributed by atoms with Crippen LogP contribution >= 0.6 is 11.3 Å². The summed E-state index contributed by atoms with van der Waals surface area (Å²) >= 11 is 1.78. The molecule has 138 valence electrons. The molecule has 0 saturated carbocycles. The van der Waals surface area contributed by atoms with Crippen molar-refractivity contribution in [1.29, 1.82) is 0 Å². The van der Waals surface area contributed by atoms with Crippen LogP contribution in [0.4, 0.5) is 5.13 Å². The molecule has 0 radical (unpaired) electrons. The van der Waals surface area contributed by atoms with E-state index in [4.69, 9.17) is 9.72 Å². The van der Waals surface area contributed by atoms with Crippen LogP contribution in [0.1, 0.15) is 28.4 Å². The average Bonchev–Trinajstić information content (AvgIpc) is 3.11. The van der Waals surface area contributed by atoms with Crippen molar-refractivity contribution in [2.45, 2.75) is 32.7 Å². The number of rotatable bonds is 4. The predicted molar refractivity (Wildman–Crippen MR) is 99.3 cm³/mol. The van der Waals surface area contributed by atoms with E-state index < -0.39 is 0 Å². The lowest BCUT2D eigenvalue weighted by Gasteiger charge is -2.26. The third kappa shape index (κ3) is 3.86. The number of carbonyl (C=O) groups excluding carboxylic acids is 1. The summed E-state index contributed by atoms with van der Waals surface area (Å²) in [5, 5.41) is 4.07. The highest BCUT2D eigenvalue weighted by atomic mass is 32.1. The number of aromatic nitrogens is 3. The molecule has 1 aliphatic heterocycles. The molecular formula is C18H23N5O2S. The van der Waals surface area contributed by atoms with Gasteiger partial charge in [-0.25, -0.2) is 4.98 Å². The van der Waals surface area contributed by atoms with Crippen molar-refractivity contribution in [2.24, 2.45) is 5.92 Å². The van der Waals surface area contributed by atoms with E-state index in [1.165, 1.54) is 4.88 Å². The van der Waals surface area contributed by atoms with Crippen LogP contribution in [0.3, 0.4) is 0 Å². The lowest BCUT2D eigenvalue weighted by Crippen LogP contribution is -2.36. The maximum Gasteiger partial charge on any atom is 0.223 e. The molecular weight excluding hydrogens is 350 g/mol. The van der Waals surface area contributed by atoms with Gasteiger partial charge in [0.1, 0.15) is 0 Å². The molecule has 4 rings (SSSR count). The summed E-state index contributed by atoms with van der Waals surface area (Å²) in [5.74, 6) is 0.0690. The third-order valence-electron chi connectivity index (χ3n) is 4.86. The Morgan fingerprint density at radius 2 is 2.19 bits per heavy atom. The van der Waals surface area contributed by atoms with Gasteiger partial charge < -0.3 is 15.0 Å². The Morgan fingerprint density at radius 1 is 1.35 bits per heavy atom. The second kappa shape index (κ2) is 7.67. The number of aryl methyl sites for hydroxylation is 2. The monoisotopic (exact) mass is 373 g/mol. The van der Waals surface area contributed by atoms with Crippen LogP contribution in [0, 0.1) is 12.8 Å². The van der Waals surface area contributed by atoms with Crippen molar-refractivity contribution in [3.8, 4) is 0 Å². The van der Waals surface area contributed by atoms with E-state index in [9.17, 15) is 4.79 Å². The van der Waals surface area contributed by atoms with Crippen LogP contribution in [0.25, 0.3) is 0 Å². The van der Waals surface area contributed by atoms with Crippen molar-refractivity contribution in [1.82, 2.24) is 20.3 Å². The number of hydrogen-bond donors (Lipinski definition) is 1. The van der Waals surface area contributed by atoms with E-state index in [0.717, 1.165) is 67.8 Å². The number of ether oxygens (including phenoxy) is 1. The highest BCUT2D eigenvalue weighted by Gasteiger charge is 2.28. The summed E-state index contributed by atoms with van der Waals surface area (Å²) in [7, 11) is 0. The summed E-state index contributed by atoms with van der Waals surface area (Å²) in [6.45, 7) is 5.63. The Balaban J connectivity index is 1.35. The molecule has 2 aromatic heterocycles. The van der Waals surface area contributed by atoms with Crippen molar-refractivity contribution >= 4 is 22.4 Å². The number of nitrogens with one attached hydrogen (secondary N) is 1. The zero-order valence-electron chi connectivity index (χ0n) is 14.9. The number of fused-ring (bicyclic) bond motifs is 1. The molecule has 7 nitrogen and oxygen atoms in total. The molecule has 1 fully saturated rings. The van der Waals surface area contributed by atoms with E-state index in [0.29, 0.717) is 6.54 Å². The quantitative estimate of drug-likeness (QED) is 0.875. The maximum atomic E-state index is 12.5. The van der Waals surface area contributed by atoms with E-state index in [-0.39, 0.29) is 11.8 Å². The third-order valence-corrected chi connectivity index (χ3v) is 6.08. The standard InChI is InChI=1S/C18H23N5O2S/c1-12-9-20-14(10-19-12)11-21-17(24)13-2-3-16-15(8-13)22-18(26-16)23-4-6-25-7-5-23/h9-10,13H,2-8,11H2,1H3,(H,21,24). The largest absolute Gasteiger partial charge is 0.378 e. The number of thiazole rings is 1. The number of hydrogen-bond acceptors (Lipinski definition) is 7. The van der Waals surface area contributed by atoms with Gasteiger partial charge in [-0.1, -0.05) is 0 Å². The predicted octanol–water partition coefficient (Wildman–Crippen LogP) is 1.50. The molecule has 1 aliphatic carbocycles. The van der Waals surface area contributed by atoms with E-state index in [2.05, 4.69) is 20.2 Å². The van der Waals surface area contributed by atoms with Crippen LogP contribution in [0.5, 0.6) is 0 Å². The second-order valence-electron chi connectivity index (χ2n) is 6.77. The lowest BCUT2D eigenvalue weighted by atomic mass is 9.90. The van der Waals surface area contributed by atoms with Gasteiger partial charge in [-0.3, -0.25) is 14.8 Å². The number of amides is 1. The first-order valence-electron chi connectivity index (χ1n) is 9.05. The van der Waals surface area contributed by atoms with Gasteiger partial charge >= 0.3 is 0 Å². The van der Waals surface area contributed by atoms with Gasteiger partial charge in [0.05, 0.1) is 43.0 Å². The van der Waals surface area contributed by atoms with Gasteiger partial charge in [0.15, 0.2) is 5.13 Å². The van der Waals surface area contributed by atoms with Gasteiger partial charge in [0, 0.05) is 36.5 Å². The zero-order chi connectivity index (χ0) is 17.9. The first-order valence-corrected chi connectivity index (χ1v) is 9.87. The number of anilines is 1. The minimum atomic E-state index is -0.0134. The summed E-state index contributed by atoms with van der Waals surface area (Å²) in [6.07, 6.45) is 5.96. The molecule has 3 heterocycles. The van der Waals surface area contributed by atoms with Crippen LogP contribution in [0.2, 0.25) is 0 Å². The zero-order valence-corrected chi connectivity index (χ0v) is 15.7. The molecule has 1 saturated heterocycles. The summed E-state index contributed by atoms with van der Waals surface area (Å²) in [5.41, 5.74) is 2.75.